The zero-order valence-electron chi connectivity index (χ0n) is 11.4. The SMILES string of the molecule is CCC(CC)N(CC(F)(F)F)C(=O)[C@H](N)C(C)C. The standard InChI is InChI=1S/C12H23F3N2O/c1-5-9(6-2)17(7-12(13,14)15)11(18)10(16)8(3)4/h8-10H,5-7,16H2,1-4H3/t10-/m1/s1. The molecule has 0 bridgehead atoms. The summed E-state index contributed by atoms with van der Waals surface area (Å²) in [5.74, 6) is -0.793. The maximum absolute atomic E-state index is 12.5. The minimum Gasteiger partial charge on any atom is -0.329 e. The number of amides is 1. The molecule has 0 saturated heterocycles. The Morgan fingerprint density at radius 1 is 1.22 bits per heavy atom. The van der Waals surface area contributed by atoms with Gasteiger partial charge in [-0.1, -0.05) is 27.7 Å². The molecule has 0 aromatic carbocycles. The third-order valence-corrected chi connectivity index (χ3v) is 3.02. The molecule has 0 fully saturated rings. The molecule has 0 aliphatic carbocycles. The highest BCUT2D eigenvalue weighted by molar-refractivity contribution is 5.82. The minimum atomic E-state index is -4.39. The van der Waals surface area contributed by atoms with Crippen molar-refractivity contribution in [3.05, 3.63) is 0 Å². The Balaban J connectivity index is 5.02. The lowest BCUT2D eigenvalue weighted by Crippen LogP contribution is -2.53. The molecule has 0 aliphatic rings. The van der Waals surface area contributed by atoms with E-state index in [1.54, 1.807) is 27.7 Å². The van der Waals surface area contributed by atoms with Gasteiger partial charge < -0.3 is 10.6 Å². The van der Waals surface area contributed by atoms with Crippen molar-refractivity contribution in [1.82, 2.24) is 4.90 Å². The highest BCUT2D eigenvalue weighted by Gasteiger charge is 2.37. The molecular weight excluding hydrogens is 245 g/mol. The van der Waals surface area contributed by atoms with Crippen LogP contribution in [0.15, 0.2) is 0 Å². The summed E-state index contributed by atoms with van der Waals surface area (Å²) in [6, 6.07) is -1.29. The molecule has 0 saturated carbocycles. The molecule has 0 spiro atoms. The lowest BCUT2D eigenvalue weighted by atomic mass is 10.0. The number of nitrogens with two attached hydrogens (primary N) is 1. The lowest BCUT2D eigenvalue weighted by Gasteiger charge is -2.34. The Morgan fingerprint density at radius 3 is 1.94 bits per heavy atom. The second kappa shape index (κ2) is 6.97. The minimum absolute atomic E-state index is 0.178. The topological polar surface area (TPSA) is 46.3 Å². The molecule has 6 heteroatoms. The summed E-state index contributed by atoms with van der Waals surface area (Å²) in [6.45, 7) is 5.76. The summed E-state index contributed by atoms with van der Waals surface area (Å²) >= 11 is 0. The monoisotopic (exact) mass is 268 g/mol. The van der Waals surface area contributed by atoms with Crippen LogP contribution in [0.25, 0.3) is 0 Å². The van der Waals surface area contributed by atoms with Crippen molar-refractivity contribution in [2.75, 3.05) is 6.54 Å². The molecule has 1 atom stereocenters. The van der Waals surface area contributed by atoms with Gasteiger partial charge >= 0.3 is 6.18 Å². The predicted octanol–water partition coefficient (Wildman–Crippen LogP) is 2.55. The average molecular weight is 268 g/mol. The van der Waals surface area contributed by atoms with Gasteiger partial charge in [-0.15, -0.1) is 0 Å². The number of nitrogens with zero attached hydrogens (tertiary/aromatic N) is 1. The van der Waals surface area contributed by atoms with Crippen molar-refractivity contribution in [2.24, 2.45) is 11.7 Å². The van der Waals surface area contributed by atoms with Gasteiger partial charge in [0.15, 0.2) is 0 Å². The molecule has 2 N–H and O–H groups in total. The zero-order valence-corrected chi connectivity index (χ0v) is 11.4. The van der Waals surface area contributed by atoms with E-state index in [0.717, 1.165) is 4.90 Å². The summed E-state index contributed by atoms with van der Waals surface area (Å²) in [5, 5.41) is 0. The van der Waals surface area contributed by atoms with E-state index in [-0.39, 0.29) is 5.92 Å². The van der Waals surface area contributed by atoms with Crippen molar-refractivity contribution in [2.45, 2.75) is 58.8 Å². The molecular formula is C12H23F3N2O. The number of hydrogen-bond donors (Lipinski definition) is 1. The summed E-state index contributed by atoms with van der Waals surface area (Å²) < 4.78 is 37.6. The van der Waals surface area contributed by atoms with Gasteiger partial charge in [0, 0.05) is 6.04 Å². The van der Waals surface area contributed by atoms with Gasteiger partial charge in [-0.3, -0.25) is 4.79 Å². The van der Waals surface area contributed by atoms with Crippen LogP contribution in [-0.4, -0.2) is 35.6 Å². The first-order valence-corrected chi connectivity index (χ1v) is 6.26. The molecule has 0 heterocycles. The van der Waals surface area contributed by atoms with Gasteiger partial charge in [-0.05, 0) is 18.8 Å². The van der Waals surface area contributed by atoms with Crippen LogP contribution >= 0.6 is 0 Å². The summed E-state index contributed by atoms with van der Waals surface area (Å²) in [4.78, 5) is 12.9. The van der Waals surface area contributed by atoms with Crippen molar-refractivity contribution >= 4 is 5.91 Å². The second-order valence-corrected chi connectivity index (χ2v) is 4.82. The number of rotatable bonds is 6. The van der Waals surface area contributed by atoms with Crippen molar-refractivity contribution < 1.29 is 18.0 Å². The van der Waals surface area contributed by atoms with Crippen LogP contribution in [0.3, 0.4) is 0 Å². The van der Waals surface area contributed by atoms with E-state index < -0.39 is 30.7 Å². The number of halogens is 3. The highest BCUT2D eigenvalue weighted by Crippen LogP contribution is 2.21. The second-order valence-electron chi connectivity index (χ2n) is 4.82. The molecule has 0 aliphatic heterocycles. The first-order chi connectivity index (χ1) is 8.14. The quantitative estimate of drug-likeness (QED) is 0.804. The molecule has 0 rings (SSSR count). The molecule has 0 unspecified atom stereocenters. The first-order valence-electron chi connectivity index (χ1n) is 6.26. The fraction of sp³-hybridized carbons (Fsp3) is 0.917. The maximum Gasteiger partial charge on any atom is 0.406 e. The summed E-state index contributed by atoms with van der Waals surface area (Å²) in [7, 11) is 0. The Hall–Kier alpha value is -0.780. The first kappa shape index (κ1) is 17.2. The third-order valence-electron chi connectivity index (χ3n) is 3.02. The Morgan fingerprint density at radius 2 is 1.67 bits per heavy atom. The number of carbonyl (C=O) groups is 1. The van der Waals surface area contributed by atoms with Gasteiger partial charge in [0.25, 0.3) is 0 Å². The van der Waals surface area contributed by atoms with Gasteiger partial charge in [0.1, 0.15) is 6.54 Å². The van der Waals surface area contributed by atoms with Crippen molar-refractivity contribution in [3.63, 3.8) is 0 Å². The van der Waals surface area contributed by atoms with E-state index in [4.69, 9.17) is 5.73 Å². The fourth-order valence-corrected chi connectivity index (χ4v) is 1.79. The Kier molecular flexibility index (Phi) is 6.67. The lowest BCUT2D eigenvalue weighted by molar-refractivity contribution is -0.167. The number of carbonyl (C=O) groups excluding carboxylic acids is 1. The largest absolute Gasteiger partial charge is 0.406 e. The summed E-state index contributed by atoms with van der Waals surface area (Å²) in [5.41, 5.74) is 5.67. The molecule has 3 nitrogen and oxygen atoms in total. The van der Waals surface area contributed by atoms with E-state index in [2.05, 4.69) is 0 Å². The van der Waals surface area contributed by atoms with Gasteiger partial charge in [-0.25, -0.2) is 0 Å². The van der Waals surface area contributed by atoms with Crippen LogP contribution in [0, 0.1) is 5.92 Å². The third kappa shape index (κ3) is 5.25. The highest BCUT2D eigenvalue weighted by atomic mass is 19.4. The molecule has 108 valence electrons. The van der Waals surface area contributed by atoms with Crippen LogP contribution in [0.1, 0.15) is 40.5 Å². The van der Waals surface area contributed by atoms with E-state index in [1.807, 2.05) is 0 Å². The number of hydrogen-bond acceptors (Lipinski definition) is 2. The summed E-state index contributed by atoms with van der Waals surface area (Å²) in [6.07, 6.45) is -3.42. The van der Waals surface area contributed by atoms with E-state index in [9.17, 15) is 18.0 Å². The average Bonchev–Trinajstić information content (AvgIpc) is 2.25. The van der Waals surface area contributed by atoms with Crippen LogP contribution in [0.4, 0.5) is 13.2 Å². The van der Waals surface area contributed by atoms with Crippen LogP contribution in [0.5, 0.6) is 0 Å². The van der Waals surface area contributed by atoms with E-state index in [0.29, 0.717) is 12.8 Å². The van der Waals surface area contributed by atoms with Crippen LogP contribution in [0.2, 0.25) is 0 Å². The van der Waals surface area contributed by atoms with Gasteiger partial charge in [-0.2, -0.15) is 13.2 Å². The maximum atomic E-state index is 12.5. The normalized spacial score (nSPS) is 14.1. The Bertz CT molecular complexity index is 263. The van der Waals surface area contributed by atoms with Crippen LogP contribution in [-0.2, 0) is 4.79 Å². The smallest absolute Gasteiger partial charge is 0.329 e. The molecule has 0 radical (unpaired) electrons. The fourth-order valence-electron chi connectivity index (χ4n) is 1.79. The molecule has 1 amide bonds. The molecule has 18 heavy (non-hydrogen) atoms. The Labute approximate surface area is 107 Å². The van der Waals surface area contributed by atoms with Crippen molar-refractivity contribution in [1.29, 1.82) is 0 Å². The van der Waals surface area contributed by atoms with Crippen molar-refractivity contribution in [3.8, 4) is 0 Å². The molecule has 0 aromatic heterocycles. The van der Waals surface area contributed by atoms with Gasteiger partial charge in [0.05, 0.1) is 6.04 Å². The zero-order chi connectivity index (χ0) is 14.5. The van der Waals surface area contributed by atoms with E-state index >= 15 is 0 Å². The van der Waals surface area contributed by atoms with Gasteiger partial charge in [0.2, 0.25) is 5.91 Å². The number of alkyl halides is 3. The van der Waals surface area contributed by atoms with Crippen LogP contribution < -0.4 is 5.73 Å². The molecule has 0 aromatic rings. The van der Waals surface area contributed by atoms with E-state index in [1.165, 1.54) is 0 Å². The predicted molar refractivity (Wildman–Crippen MR) is 65.0 cm³/mol.